The molecule has 1 aromatic carbocycles. The van der Waals surface area contributed by atoms with E-state index in [2.05, 4.69) is 16.0 Å². The van der Waals surface area contributed by atoms with Gasteiger partial charge in [-0.05, 0) is 18.1 Å². The van der Waals surface area contributed by atoms with E-state index in [0.717, 1.165) is 13.1 Å². The summed E-state index contributed by atoms with van der Waals surface area (Å²) in [5.41, 5.74) is 2.04. The average Bonchev–Trinajstić information content (AvgIpc) is 2.89. The Morgan fingerprint density at radius 3 is 2.44 bits per heavy atom. The lowest BCUT2D eigenvalue weighted by Crippen LogP contribution is -2.45. The van der Waals surface area contributed by atoms with E-state index in [1.54, 1.807) is 12.1 Å². The Labute approximate surface area is 143 Å². The largest absolute Gasteiger partial charge is 0.368 e. The van der Waals surface area contributed by atoms with Crippen molar-refractivity contribution in [1.29, 1.82) is 0 Å². The van der Waals surface area contributed by atoms with Gasteiger partial charge in [0.1, 0.15) is 0 Å². The quantitative estimate of drug-likeness (QED) is 0.626. The first kappa shape index (κ1) is 15.8. The van der Waals surface area contributed by atoms with Crippen molar-refractivity contribution in [2.75, 3.05) is 31.1 Å². The molecule has 0 radical (unpaired) electrons. The summed E-state index contributed by atoms with van der Waals surface area (Å²) >= 11 is 0. The minimum Gasteiger partial charge on any atom is -0.368 e. The molecule has 3 heterocycles. The normalized spacial score (nSPS) is 23.4. The van der Waals surface area contributed by atoms with Gasteiger partial charge in [-0.25, -0.2) is 0 Å². The van der Waals surface area contributed by atoms with Gasteiger partial charge >= 0.3 is 0 Å². The molecule has 2 saturated heterocycles. The van der Waals surface area contributed by atoms with Crippen molar-refractivity contribution in [1.82, 2.24) is 16.0 Å². The van der Waals surface area contributed by atoms with Gasteiger partial charge in [0.25, 0.3) is 11.8 Å². The number of hydrogen-bond acceptors (Lipinski definition) is 6. The molecule has 1 atom stereocenters. The van der Waals surface area contributed by atoms with Crippen molar-refractivity contribution in [2.45, 2.75) is 18.8 Å². The number of carbonyl (C=O) groups is 4. The number of nitrogens with zero attached hydrogens (tertiary/aromatic N) is 1. The molecule has 3 aliphatic rings. The van der Waals surface area contributed by atoms with E-state index >= 15 is 0 Å². The van der Waals surface area contributed by atoms with Gasteiger partial charge in [0.2, 0.25) is 11.8 Å². The number of nitrogens with one attached hydrogen (secondary N) is 3. The molecule has 2 fully saturated rings. The number of hydrogen-bond donors (Lipinski definition) is 3. The minimum atomic E-state index is -0.503. The molecule has 3 aliphatic heterocycles. The first-order valence-corrected chi connectivity index (χ1v) is 8.38. The van der Waals surface area contributed by atoms with Crippen LogP contribution in [0, 0.1) is 0 Å². The predicted molar refractivity (Wildman–Crippen MR) is 88.4 cm³/mol. The lowest BCUT2D eigenvalue weighted by molar-refractivity contribution is -0.134. The molecule has 4 amide bonds. The molecule has 8 nitrogen and oxygen atoms in total. The molecule has 4 rings (SSSR count). The maximum Gasteiger partial charge on any atom is 0.261 e. The van der Waals surface area contributed by atoms with E-state index in [0.29, 0.717) is 41.9 Å². The molecule has 130 valence electrons. The third-order valence-corrected chi connectivity index (χ3v) is 4.96. The fourth-order valence-corrected chi connectivity index (χ4v) is 3.76. The van der Waals surface area contributed by atoms with Gasteiger partial charge in [-0.2, -0.15) is 0 Å². The van der Waals surface area contributed by atoms with E-state index in [-0.39, 0.29) is 18.2 Å². The third-order valence-electron chi connectivity index (χ3n) is 4.96. The Morgan fingerprint density at radius 2 is 1.72 bits per heavy atom. The number of amides is 4. The molecule has 1 unspecified atom stereocenters. The summed E-state index contributed by atoms with van der Waals surface area (Å²) in [5.74, 6) is -1.97. The number of piperazine rings is 1. The molecular formula is C17H18N4O4. The molecule has 0 spiro atoms. The lowest BCUT2D eigenvalue weighted by Gasteiger charge is -2.34. The summed E-state index contributed by atoms with van der Waals surface area (Å²) in [5, 5.41) is 7.96. The number of anilines is 1. The third kappa shape index (κ3) is 2.58. The highest BCUT2D eigenvalue weighted by atomic mass is 16.2. The molecule has 1 aromatic rings. The van der Waals surface area contributed by atoms with E-state index in [4.69, 9.17) is 0 Å². The van der Waals surface area contributed by atoms with Crippen LogP contribution in [0.25, 0.3) is 0 Å². The highest BCUT2D eigenvalue weighted by Gasteiger charge is 2.37. The zero-order chi connectivity index (χ0) is 17.6. The highest BCUT2D eigenvalue weighted by molar-refractivity contribution is 6.24. The van der Waals surface area contributed by atoms with Crippen molar-refractivity contribution in [3.8, 4) is 0 Å². The van der Waals surface area contributed by atoms with Crippen LogP contribution >= 0.6 is 0 Å². The Hall–Kier alpha value is -2.74. The standard InChI is InChI=1S/C17H18N4O4/c22-12-4-3-10(15(23)19-12)9-1-2-11-13(17(25)20-16(11)24)14(9)21-7-5-18-6-8-21/h1-2,10,18H,3-8H2,(H,19,22,23)(H,20,24,25). The Morgan fingerprint density at radius 1 is 0.960 bits per heavy atom. The zero-order valence-electron chi connectivity index (χ0n) is 13.6. The van der Waals surface area contributed by atoms with Gasteiger partial charge < -0.3 is 10.2 Å². The van der Waals surface area contributed by atoms with Gasteiger partial charge in [-0.15, -0.1) is 0 Å². The minimum absolute atomic E-state index is 0.264. The predicted octanol–water partition coefficient (Wildman–Crippen LogP) is -0.500. The van der Waals surface area contributed by atoms with E-state index in [9.17, 15) is 19.2 Å². The Kier molecular flexibility index (Phi) is 3.76. The SMILES string of the molecule is O=C1CCC(c2ccc3c(c2N2CCNCC2)C(=O)NC3=O)C(=O)N1. The second-order valence-corrected chi connectivity index (χ2v) is 6.45. The second kappa shape index (κ2) is 5.96. The van der Waals surface area contributed by atoms with Crippen LogP contribution in [0.1, 0.15) is 45.0 Å². The van der Waals surface area contributed by atoms with Crippen molar-refractivity contribution in [3.63, 3.8) is 0 Å². The van der Waals surface area contributed by atoms with Crippen LogP contribution in [-0.4, -0.2) is 49.8 Å². The summed E-state index contributed by atoms with van der Waals surface area (Å²) < 4.78 is 0. The van der Waals surface area contributed by atoms with Crippen molar-refractivity contribution in [3.05, 3.63) is 28.8 Å². The Balaban J connectivity index is 1.85. The molecular weight excluding hydrogens is 324 g/mol. The lowest BCUT2D eigenvalue weighted by atomic mass is 9.86. The van der Waals surface area contributed by atoms with Crippen LogP contribution < -0.4 is 20.9 Å². The summed E-state index contributed by atoms with van der Waals surface area (Å²) in [6, 6.07) is 3.34. The first-order valence-electron chi connectivity index (χ1n) is 8.38. The topological polar surface area (TPSA) is 108 Å². The molecule has 25 heavy (non-hydrogen) atoms. The molecule has 0 bridgehead atoms. The number of piperidine rings is 1. The molecule has 0 saturated carbocycles. The monoisotopic (exact) mass is 342 g/mol. The van der Waals surface area contributed by atoms with E-state index < -0.39 is 17.7 Å². The number of imide groups is 2. The zero-order valence-corrected chi connectivity index (χ0v) is 13.6. The summed E-state index contributed by atoms with van der Waals surface area (Å²) in [4.78, 5) is 50.3. The fraction of sp³-hybridized carbons (Fsp3) is 0.412. The van der Waals surface area contributed by atoms with Gasteiger partial charge in [0.05, 0.1) is 22.7 Å². The number of benzene rings is 1. The van der Waals surface area contributed by atoms with Crippen molar-refractivity contribution < 1.29 is 19.2 Å². The summed E-state index contributed by atoms with van der Waals surface area (Å²) in [6.45, 7) is 2.87. The van der Waals surface area contributed by atoms with Gasteiger partial charge in [-0.3, -0.25) is 29.8 Å². The van der Waals surface area contributed by atoms with Crippen LogP contribution in [0.5, 0.6) is 0 Å². The summed E-state index contributed by atoms with van der Waals surface area (Å²) in [7, 11) is 0. The van der Waals surface area contributed by atoms with Crippen LogP contribution in [0.4, 0.5) is 5.69 Å². The number of carbonyl (C=O) groups excluding carboxylic acids is 4. The number of fused-ring (bicyclic) bond motifs is 1. The fourth-order valence-electron chi connectivity index (χ4n) is 3.76. The van der Waals surface area contributed by atoms with Gasteiger partial charge in [0.15, 0.2) is 0 Å². The maximum atomic E-state index is 12.4. The molecule has 0 aliphatic carbocycles. The smallest absolute Gasteiger partial charge is 0.261 e. The van der Waals surface area contributed by atoms with Crippen LogP contribution in [-0.2, 0) is 9.59 Å². The second-order valence-electron chi connectivity index (χ2n) is 6.45. The van der Waals surface area contributed by atoms with Crippen molar-refractivity contribution in [2.24, 2.45) is 0 Å². The number of rotatable bonds is 2. The van der Waals surface area contributed by atoms with Crippen LogP contribution in [0.2, 0.25) is 0 Å². The Bertz CT molecular complexity index is 798. The van der Waals surface area contributed by atoms with Gasteiger partial charge in [-0.1, -0.05) is 6.07 Å². The summed E-state index contributed by atoms with van der Waals surface area (Å²) in [6.07, 6.45) is 0.664. The van der Waals surface area contributed by atoms with Crippen LogP contribution in [0.15, 0.2) is 12.1 Å². The van der Waals surface area contributed by atoms with Gasteiger partial charge in [0, 0.05) is 32.6 Å². The van der Waals surface area contributed by atoms with E-state index in [1.165, 1.54) is 0 Å². The maximum absolute atomic E-state index is 12.4. The molecule has 8 heteroatoms. The highest BCUT2D eigenvalue weighted by Crippen LogP contribution is 2.38. The van der Waals surface area contributed by atoms with Crippen molar-refractivity contribution >= 4 is 29.3 Å². The molecule has 3 N–H and O–H groups in total. The molecule has 0 aromatic heterocycles. The van der Waals surface area contributed by atoms with Crippen LogP contribution in [0.3, 0.4) is 0 Å². The van der Waals surface area contributed by atoms with E-state index in [1.807, 2.05) is 4.90 Å². The first-order chi connectivity index (χ1) is 12.1. The average molecular weight is 342 g/mol.